The highest BCUT2D eigenvalue weighted by Gasteiger charge is 2.14. The van der Waals surface area contributed by atoms with Crippen molar-refractivity contribution < 1.29 is 9.47 Å². The Hall–Kier alpha value is -1.07. The summed E-state index contributed by atoms with van der Waals surface area (Å²) >= 11 is 3.39. The van der Waals surface area contributed by atoms with E-state index in [-0.39, 0.29) is 5.84 Å². The molecule has 1 aliphatic rings. The minimum absolute atomic E-state index is 0.0536. The molecule has 0 amide bonds. The van der Waals surface area contributed by atoms with Gasteiger partial charge in [-0.1, -0.05) is 0 Å². The van der Waals surface area contributed by atoms with E-state index >= 15 is 0 Å². The third-order valence-corrected chi connectivity index (χ3v) is 3.71. The lowest BCUT2D eigenvalue weighted by atomic mass is 10.0. The van der Waals surface area contributed by atoms with Crippen molar-refractivity contribution in [3.05, 3.63) is 28.2 Å². The smallest absolute Gasteiger partial charge is 0.123 e. The molecule has 3 N–H and O–H groups in total. The van der Waals surface area contributed by atoms with Crippen LogP contribution in [0, 0.1) is 11.3 Å². The zero-order valence-electron chi connectivity index (χ0n) is 10.1. The Morgan fingerprint density at radius 1 is 1.44 bits per heavy atom. The van der Waals surface area contributed by atoms with E-state index in [1.165, 1.54) is 0 Å². The lowest BCUT2D eigenvalue weighted by Gasteiger charge is -2.22. The number of nitrogen functional groups attached to an aromatic ring is 1. The summed E-state index contributed by atoms with van der Waals surface area (Å²) in [4.78, 5) is 0. The summed E-state index contributed by atoms with van der Waals surface area (Å²) in [5.41, 5.74) is 6.14. The van der Waals surface area contributed by atoms with E-state index in [0.29, 0.717) is 11.5 Å². The quantitative estimate of drug-likeness (QED) is 0.663. The molecule has 1 heterocycles. The van der Waals surface area contributed by atoms with Crippen LogP contribution in [0.2, 0.25) is 0 Å². The Morgan fingerprint density at radius 3 is 2.78 bits per heavy atom. The van der Waals surface area contributed by atoms with E-state index in [0.717, 1.165) is 42.9 Å². The van der Waals surface area contributed by atoms with E-state index < -0.39 is 0 Å². The topological polar surface area (TPSA) is 68.3 Å². The molecule has 0 aliphatic carbocycles. The molecule has 2 rings (SSSR count). The fourth-order valence-corrected chi connectivity index (χ4v) is 2.50. The summed E-state index contributed by atoms with van der Waals surface area (Å²) < 4.78 is 11.9. The monoisotopic (exact) mass is 312 g/mol. The largest absolute Gasteiger partial charge is 0.493 e. The molecule has 0 radical (unpaired) electrons. The first kappa shape index (κ1) is 13.4. The van der Waals surface area contributed by atoms with Gasteiger partial charge in [0.25, 0.3) is 0 Å². The second-order valence-corrected chi connectivity index (χ2v) is 5.28. The molecule has 1 aromatic rings. The Kier molecular flexibility index (Phi) is 4.60. The van der Waals surface area contributed by atoms with E-state index in [2.05, 4.69) is 15.9 Å². The zero-order valence-corrected chi connectivity index (χ0v) is 11.7. The van der Waals surface area contributed by atoms with Crippen LogP contribution >= 0.6 is 15.9 Å². The second-order valence-electron chi connectivity index (χ2n) is 4.42. The van der Waals surface area contributed by atoms with Gasteiger partial charge in [-0.15, -0.1) is 0 Å². The molecular weight excluding hydrogens is 296 g/mol. The van der Waals surface area contributed by atoms with Crippen LogP contribution in [0.25, 0.3) is 0 Å². The van der Waals surface area contributed by atoms with Gasteiger partial charge in [0.05, 0.1) is 6.61 Å². The molecule has 1 fully saturated rings. The van der Waals surface area contributed by atoms with Gasteiger partial charge in [0.15, 0.2) is 0 Å². The normalized spacial score (nSPS) is 16.5. The molecule has 1 aromatic carbocycles. The number of hydrogen-bond acceptors (Lipinski definition) is 3. The number of nitrogens with one attached hydrogen (secondary N) is 1. The zero-order chi connectivity index (χ0) is 13.0. The van der Waals surface area contributed by atoms with Gasteiger partial charge in [-0.25, -0.2) is 0 Å². The molecule has 0 saturated carbocycles. The molecule has 0 aromatic heterocycles. The van der Waals surface area contributed by atoms with Gasteiger partial charge >= 0.3 is 0 Å². The molecule has 1 saturated heterocycles. The number of hydrogen-bond donors (Lipinski definition) is 2. The molecule has 4 nitrogen and oxygen atoms in total. The van der Waals surface area contributed by atoms with Gasteiger partial charge in [-0.2, -0.15) is 0 Å². The van der Waals surface area contributed by atoms with Crippen molar-refractivity contribution in [1.82, 2.24) is 0 Å². The van der Waals surface area contributed by atoms with Crippen LogP contribution in [0.1, 0.15) is 18.4 Å². The molecule has 18 heavy (non-hydrogen) atoms. The highest BCUT2D eigenvalue weighted by Crippen LogP contribution is 2.24. The van der Waals surface area contributed by atoms with Gasteiger partial charge in [-0.3, -0.25) is 5.41 Å². The molecule has 0 spiro atoms. The first-order valence-electron chi connectivity index (χ1n) is 6.01. The van der Waals surface area contributed by atoms with Gasteiger partial charge in [0.1, 0.15) is 11.6 Å². The fraction of sp³-hybridized carbons (Fsp3) is 0.462. The summed E-state index contributed by atoms with van der Waals surface area (Å²) in [7, 11) is 0. The number of ether oxygens (including phenoxy) is 2. The minimum Gasteiger partial charge on any atom is -0.493 e. The Labute approximate surface area is 115 Å². The van der Waals surface area contributed by atoms with E-state index in [1.807, 2.05) is 12.1 Å². The molecule has 1 aliphatic heterocycles. The van der Waals surface area contributed by atoms with Crippen LogP contribution in [-0.4, -0.2) is 25.7 Å². The number of nitrogens with two attached hydrogens (primary N) is 1. The van der Waals surface area contributed by atoms with Crippen molar-refractivity contribution in [2.75, 3.05) is 19.8 Å². The predicted octanol–water partition coefficient (Wildman–Crippen LogP) is 2.54. The summed E-state index contributed by atoms with van der Waals surface area (Å²) in [5.74, 6) is 1.43. The molecular formula is C13H17BrN2O2. The number of halogens is 1. The lowest BCUT2D eigenvalue weighted by molar-refractivity contribution is 0.0497. The van der Waals surface area contributed by atoms with Gasteiger partial charge in [0, 0.05) is 23.2 Å². The summed E-state index contributed by atoms with van der Waals surface area (Å²) in [6.07, 6.45) is 2.12. The van der Waals surface area contributed by atoms with Crippen molar-refractivity contribution in [2.45, 2.75) is 12.8 Å². The van der Waals surface area contributed by atoms with Crippen molar-refractivity contribution in [1.29, 1.82) is 5.41 Å². The van der Waals surface area contributed by atoms with E-state index in [9.17, 15) is 0 Å². The third-order valence-electron chi connectivity index (χ3n) is 3.06. The van der Waals surface area contributed by atoms with Gasteiger partial charge in [0.2, 0.25) is 0 Å². The molecule has 0 unspecified atom stereocenters. The molecule has 5 heteroatoms. The Bertz CT molecular complexity index is 431. The van der Waals surface area contributed by atoms with Crippen LogP contribution < -0.4 is 10.5 Å². The van der Waals surface area contributed by atoms with Crippen LogP contribution in [-0.2, 0) is 4.74 Å². The highest BCUT2D eigenvalue weighted by atomic mass is 79.9. The summed E-state index contributed by atoms with van der Waals surface area (Å²) in [6, 6.07) is 5.50. The second kappa shape index (κ2) is 6.20. The SMILES string of the molecule is N=C(N)c1ccc(OCC2CCOCC2)cc1Br. The summed E-state index contributed by atoms with van der Waals surface area (Å²) in [6.45, 7) is 2.39. The standard InChI is InChI=1S/C13H17BrN2O2/c14-12-7-10(1-2-11(12)13(15)16)18-8-9-3-5-17-6-4-9/h1-2,7,9H,3-6,8H2,(H3,15,16). The van der Waals surface area contributed by atoms with Crippen molar-refractivity contribution >= 4 is 21.8 Å². The molecule has 98 valence electrons. The van der Waals surface area contributed by atoms with Crippen molar-refractivity contribution in [3.8, 4) is 5.75 Å². The highest BCUT2D eigenvalue weighted by molar-refractivity contribution is 9.10. The minimum atomic E-state index is 0.0536. The van der Waals surface area contributed by atoms with Crippen LogP contribution in [0.4, 0.5) is 0 Å². The first-order valence-corrected chi connectivity index (χ1v) is 6.80. The van der Waals surface area contributed by atoms with Crippen molar-refractivity contribution in [2.24, 2.45) is 11.7 Å². The van der Waals surface area contributed by atoms with E-state index in [4.69, 9.17) is 20.6 Å². The van der Waals surface area contributed by atoms with Crippen LogP contribution in [0.15, 0.2) is 22.7 Å². The Morgan fingerprint density at radius 2 is 2.17 bits per heavy atom. The lowest BCUT2D eigenvalue weighted by Crippen LogP contribution is -2.21. The maximum absolute atomic E-state index is 7.40. The molecule has 0 atom stereocenters. The summed E-state index contributed by atoms with van der Waals surface area (Å²) in [5, 5.41) is 7.40. The Balaban J connectivity index is 1.93. The van der Waals surface area contributed by atoms with Crippen LogP contribution in [0.3, 0.4) is 0 Å². The van der Waals surface area contributed by atoms with Crippen LogP contribution in [0.5, 0.6) is 5.75 Å². The van der Waals surface area contributed by atoms with E-state index in [1.54, 1.807) is 6.07 Å². The van der Waals surface area contributed by atoms with Crippen molar-refractivity contribution in [3.63, 3.8) is 0 Å². The number of benzene rings is 1. The number of rotatable bonds is 4. The maximum atomic E-state index is 7.40. The predicted molar refractivity (Wildman–Crippen MR) is 74.2 cm³/mol. The molecule has 0 bridgehead atoms. The maximum Gasteiger partial charge on any atom is 0.123 e. The van der Waals surface area contributed by atoms with Gasteiger partial charge in [-0.05, 0) is 52.9 Å². The third kappa shape index (κ3) is 3.46. The first-order chi connectivity index (χ1) is 8.66. The average molecular weight is 313 g/mol. The average Bonchev–Trinajstić information content (AvgIpc) is 2.37. The van der Waals surface area contributed by atoms with Gasteiger partial charge < -0.3 is 15.2 Å². The fourth-order valence-electron chi connectivity index (χ4n) is 1.93. The number of amidine groups is 1.